The van der Waals surface area contributed by atoms with Crippen molar-refractivity contribution in [2.45, 2.75) is 39.2 Å². The van der Waals surface area contributed by atoms with Crippen LogP contribution in [0.15, 0.2) is 18.2 Å². The van der Waals surface area contributed by atoms with E-state index in [1.54, 1.807) is 0 Å². The third-order valence-corrected chi connectivity index (χ3v) is 4.13. The van der Waals surface area contributed by atoms with Gasteiger partial charge < -0.3 is 5.32 Å². The summed E-state index contributed by atoms with van der Waals surface area (Å²) < 4.78 is 26.6. The molecule has 1 aromatic carbocycles. The highest BCUT2D eigenvalue weighted by Gasteiger charge is 2.26. The minimum Gasteiger partial charge on any atom is -0.349 e. The van der Waals surface area contributed by atoms with Gasteiger partial charge in [-0.05, 0) is 43.2 Å². The van der Waals surface area contributed by atoms with Crippen molar-refractivity contribution >= 4 is 5.91 Å². The molecule has 0 spiro atoms. The first-order valence-electron chi connectivity index (χ1n) is 6.74. The molecule has 3 atom stereocenters. The van der Waals surface area contributed by atoms with Crippen LogP contribution < -0.4 is 5.32 Å². The Morgan fingerprint density at radius 3 is 2.63 bits per heavy atom. The zero-order chi connectivity index (χ0) is 14.0. The lowest BCUT2D eigenvalue weighted by Gasteiger charge is -2.32. The summed E-state index contributed by atoms with van der Waals surface area (Å²) >= 11 is 0. The van der Waals surface area contributed by atoms with Crippen LogP contribution in [0.25, 0.3) is 0 Å². The third kappa shape index (κ3) is 3.11. The van der Waals surface area contributed by atoms with Crippen LogP contribution in [0.5, 0.6) is 0 Å². The van der Waals surface area contributed by atoms with E-state index in [0.717, 1.165) is 25.3 Å². The zero-order valence-corrected chi connectivity index (χ0v) is 11.2. The maximum Gasteiger partial charge on any atom is 0.254 e. The summed E-state index contributed by atoms with van der Waals surface area (Å²) in [5, 5.41) is 2.81. The molecular weight excluding hydrogens is 248 g/mol. The molecule has 4 heteroatoms. The summed E-state index contributed by atoms with van der Waals surface area (Å²) in [5.74, 6) is -1.39. The van der Waals surface area contributed by atoms with E-state index in [1.165, 1.54) is 12.1 Å². The maximum absolute atomic E-state index is 13.5. The van der Waals surface area contributed by atoms with Crippen LogP contribution in [0, 0.1) is 23.5 Å². The standard InChI is InChI=1S/C15H19F2NO/c1-9-6-7-11(8-10(9)2)18-15(19)12-4-3-5-13(16)14(12)17/h3-5,9-11H,6-8H2,1-2H3,(H,18,19). The molecule has 1 aliphatic rings. The van der Waals surface area contributed by atoms with Gasteiger partial charge in [-0.15, -0.1) is 0 Å². The highest BCUT2D eigenvalue weighted by atomic mass is 19.2. The van der Waals surface area contributed by atoms with Crippen LogP contribution in [0.3, 0.4) is 0 Å². The normalized spacial score (nSPS) is 27.1. The van der Waals surface area contributed by atoms with Gasteiger partial charge in [0.1, 0.15) is 0 Å². The Balaban J connectivity index is 2.03. The lowest BCUT2D eigenvalue weighted by molar-refractivity contribution is 0.0905. The fraction of sp³-hybridized carbons (Fsp3) is 0.533. The van der Waals surface area contributed by atoms with Gasteiger partial charge in [0.15, 0.2) is 11.6 Å². The van der Waals surface area contributed by atoms with Crippen molar-refractivity contribution in [1.29, 1.82) is 0 Å². The quantitative estimate of drug-likeness (QED) is 0.872. The molecule has 3 unspecified atom stereocenters. The third-order valence-electron chi connectivity index (χ3n) is 4.13. The summed E-state index contributed by atoms with van der Waals surface area (Å²) in [7, 11) is 0. The second-order valence-corrected chi connectivity index (χ2v) is 5.54. The van der Waals surface area contributed by atoms with Crippen molar-refractivity contribution in [3.05, 3.63) is 35.4 Å². The lowest BCUT2D eigenvalue weighted by Crippen LogP contribution is -2.40. The fourth-order valence-corrected chi connectivity index (χ4v) is 2.62. The van der Waals surface area contributed by atoms with Gasteiger partial charge in [0.05, 0.1) is 5.56 Å². The molecule has 2 rings (SSSR count). The number of carbonyl (C=O) groups excluding carboxylic acids is 1. The lowest BCUT2D eigenvalue weighted by atomic mass is 9.79. The van der Waals surface area contributed by atoms with Gasteiger partial charge >= 0.3 is 0 Å². The smallest absolute Gasteiger partial charge is 0.254 e. The van der Waals surface area contributed by atoms with Gasteiger partial charge in [-0.2, -0.15) is 0 Å². The average Bonchev–Trinajstić information content (AvgIpc) is 2.37. The second kappa shape index (κ2) is 5.68. The van der Waals surface area contributed by atoms with Crippen molar-refractivity contribution in [2.24, 2.45) is 11.8 Å². The number of carbonyl (C=O) groups is 1. The molecule has 0 radical (unpaired) electrons. The molecule has 1 saturated carbocycles. The highest BCUT2D eigenvalue weighted by molar-refractivity contribution is 5.94. The van der Waals surface area contributed by atoms with Gasteiger partial charge in [0.2, 0.25) is 0 Å². The van der Waals surface area contributed by atoms with Crippen molar-refractivity contribution in [1.82, 2.24) is 5.32 Å². The number of amides is 1. The molecule has 0 aliphatic heterocycles. The van der Waals surface area contributed by atoms with Crippen LogP contribution in [-0.2, 0) is 0 Å². The largest absolute Gasteiger partial charge is 0.349 e. The monoisotopic (exact) mass is 267 g/mol. The van der Waals surface area contributed by atoms with E-state index in [9.17, 15) is 13.6 Å². The van der Waals surface area contributed by atoms with Crippen molar-refractivity contribution < 1.29 is 13.6 Å². The molecule has 1 aromatic rings. The number of hydrogen-bond donors (Lipinski definition) is 1. The van der Waals surface area contributed by atoms with E-state index in [2.05, 4.69) is 19.2 Å². The van der Waals surface area contributed by atoms with Crippen LogP contribution in [0.2, 0.25) is 0 Å². The number of rotatable bonds is 2. The minimum atomic E-state index is -1.07. The number of benzene rings is 1. The summed E-state index contributed by atoms with van der Waals surface area (Å²) in [4.78, 5) is 12.0. The van der Waals surface area contributed by atoms with Gasteiger partial charge in [-0.1, -0.05) is 19.9 Å². The Morgan fingerprint density at radius 2 is 1.95 bits per heavy atom. The molecule has 2 nitrogen and oxygen atoms in total. The van der Waals surface area contributed by atoms with Crippen LogP contribution in [0.4, 0.5) is 8.78 Å². The topological polar surface area (TPSA) is 29.1 Å². The fourth-order valence-electron chi connectivity index (χ4n) is 2.62. The molecule has 19 heavy (non-hydrogen) atoms. The Labute approximate surface area is 112 Å². The number of nitrogens with one attached hydrogen (secondary N) is 1. The molecule has 0 aromatic heterocycles. The van der Waals surface area contributed by atoms with E-state index in [4.69, 9.17) is 0 Å². The van der Waals surface area contributed by atoms with Crippen molar-refractivity contribution in [2.75, 3.05) is 0 Å². The Bertz CT molecular complexity index is 475. The number of halogens is 2. The molecule has 0 bridgehead atoms. The van der Waals surface area contributed by atoms with Crippen LogP contribution in [0.1, 0.15) is 43.5 Å². The van der Waals surface area contributed by atoms with Gasteiger partial charge in [0.25, 0.3) is 5.91 Å². The zero-order valence-electron chi connectivity index (χ0n) is 11.2. The van der Waals surface area contributed by atoms with E-state index in [1.807, 2.05) is 0 Å². The molecular formula is C15H19F2NO. The van der Waals surface area contributed by atoms with Gasteiger partial charge in [0, 0.05) is 6.04 Å². The van der Waals surface area contributed by atoms with Crippen molar-refractivity contribution in [3.63, 3.8) is 0 Å². The SMILES string of the molecule is CC1CCC(NC(=O)c2cccc(F)c2F)CC1C. The maximum atomic E-state index is 13.5. The molecule has 1 N–H and O–H groups in total. The van der Waals surface area contributed by atoms with Crippen LogP contribution >= 0.6 is 0 Å². The van der Waals surface area contributed by atoms with E-state index < -0.39 is 17.5 Å². The predicted octanol–water partition coefficient (Wildman–Crippen LogP) is 3.52. The Kier molecular flexibility index (Phi) is 4.17. The first-order chi connectivity index (χ1) is 8.99. The highest BCUT2D eigenvalue weighted by Crippen LogP contribution is 2.29. The van der Waals surface area contributed by atoms with E-state index in [0.29, 0.717) is 11.8 Å². The molecule has 1 aliphatic carbocycles. The van der Waals surface area contributed by atoms with Gasteiger partial charge in [-0.25, -0.2) is 8.78 Å². The number of hydrogen-bond acceptors (Lipinski definition) is 1. The summed E-state index contributed by atoms with van der Waals surface area (Å²) in [6.45, 7) is 4.36. The van der Waals surface area contributed by atoms with Gasteiger partial charge in [-0.3, -0.25) is 4.79 Å². The van der Waals surface area contributed by atoms with E-state index >= 15 is 0 Å². The molecule has 1 amide bonds. The molecule has 0 saturated heterocycles. The van der Waals surface area contributed by atoms with E-state index in [-0.39, 0.29) is 11.6 Å². The minimum absolute atomic E-state index is 0.0568. The first kappa shape index (κ1) is 14.0. The Hall–Kier alpha value is -1.45. The summed E-state index contributed by atoms with van der Waals surface area (Å²) in [5.41, 5.74) is -0.216. The summed E-state index contributed by atoms with van der Waals surface area (Å²) in [6, 6.07) is 3.72. The molecule has 0 heterocycles. The predicted molar refractivity (Wildman–Crippen MR) is 69.8 cm³/mol. The molecule has 1 fully saturated rings. The molecule has 104 valence electrons. The van der Waals surface area contributed by atoms with Crippen molar-refractivity contribution in [3.8, 4) is 0 Å². The summed E-state index contributed by atoms with van der Waals surface area (Å²) in [6.07, 6.45) is 2.84. The second-order valence-electron chi connectivity index (χ2n) is 5.54. The first-order valence-corrected chi connectivity index (χ1v) is 6.74. The average molecular weight is 267 g/mol. The van der Waals surface area contributed by atoms with Crippen LogP contribution in [-0.4, -0.2) is 11.9 Å². The Morgan fingerprint density at radius 1 is 1.21 bits per heavy atom.